The quantitative estimate of drug-likeness (QED) is 0.537. The van der Waals surface area contributed by atoms with Gasteiger partial charge >= 0.3 is 0 Å². The van der Waals surface area contributed by atoms with Crippen LogP contribution in [0.25, 0.3) is 0 Å². The van der Waals surface area contributed by atoms with Crippen LogP contribution in [0.4, 0.5) is 0 Å². The number of furan rings is 1. The summed E-state index contributed by atoms with van der Waals surface area (Å²) in [5.41, 5.74) is 2.92. The predicted octanol–water partition coefficient (Wildman–Crippen LogP) is 6.07. The lowest BCUT2D eigenvalue weighted by atomic mass is 9.87. The van der Waals surface area contributed by atoms with Gasteiger partial charge < -0.3 is 9.32 Å². The minimum atomic E-state index is -0.114. The lowest BCUT2D eigenvalue weighted by Crippen LogP contribution is -2.30. The molecule has 0 fully saturated rings. The van der Waals surface area contributed by atoms with Crippen LogP contribution in [0.15, 0.2) is 71.3 Å². The number of hydrogen-bond acceptors (Lipinski definition) is 2. The fourth-order valence-electron chi connectivity index (χ4n) is 2.93. The maximum absolute atomic E-state index is 13.1. The molecule has 1 amide bonds. The largest absolute Gasteiger partial charge is 0.467 e. The maximum Gasteiger partial charge on any atom is 0.256 e. The van der Waals surface area contributed by atoms with E-state index < -0.39 is 0 Å². The summed E-state index contributed by atoms with van der Waals surface area (Å²) in [4.78, 5) is 14.9. The van der Waals surface area contributed by atoms with Crippen LogP contribution in [0.2, 0.25) is 5.02 Å². The molecule has 1 aromatic heterocycles. The van der Waals surface area contributed by atoms with E-state index in [1.54, 1.807) is 23.3 Å². The molecule has 0 saturated carbocycles. The molecule has 3 rings (SSSR count). The van der Waals surface area contributed by atoms with Crippen molar-refractivity contribution in [2.75, 3.05) is 0 Å². The van der Waals surface area contributed by atoms with Gasteiger partial charge in [0.05, 0.1) is 23.4 Å². The summed E-state index contributed by atoms with van der Waals surface area (Å²) in [5, 5.41) is 0.454. The van der Waals surface area contributed by atoms with E-state index in [0.717, 1.165) is 11.3 Å². The first-order chi connectivity index (χ1) is 12.8. The number of carbonyl (C=O) groups is 1. The normalized spacial score (nSPS) is 11.4. The van der Waals surface area contributed by atoms with Crippen molar-refractivity contribution in [1.82, 2.24) is 4.90 Å². The minimum absolute atomic E-state index is 0.0970. The Labute approximate surface area is 165 Å². The summed E-state index contributed by atoms with van der Waals surface area (Å²) in [7, 11) is 0. The van der Waals surface area contributed by atoms with E-state index in [1.165, 1.54) is 5.56 Å². The van der Waals surface area contributed by atoms with Gasteiger partial charge in [0.15, 0.2) is 0 Å². The van der Waals surface area contributed by atoms with E-state index in [2.05, 4.69) is 45.0 Å². The molecule has 0 spiro atoms. The molecule has 2 aromatic carbocycles. The second-order valence-corrected chi connectivity index (χ2v) is 8.07. The second kappa shape index (κ2) is 8.01. The molecule has 0 aliphatic carbocycles. The molecule has 140 valence electrons. The highest BCUT2D eigenvalue weighted by atomic mass is 35.5. The van der Waals surface area contributed by atoms with Gasteiger partial charge in [0, 0.05) is 6.54 Å². The van der Waals surface area contributed by atoms with Crippen molar-refractivity contribution in [2.45, 2.75) is 39.3 Å². The first-order valence-electron chi connectivity index (χ1n) is 9.00. The Balaban J connectivity index is 1.86. The van der Waals surface area contributed by atoms with Gasteiger partial charge in [-0.1, -0.05) is 68.8 Å². The van der Waals surface area contributed by atoms with E-state index in [9.17, 15) is 4.79 Å². The second-order valence-electron chi connectivity index (χ2n) is 7.67. The van der Waals surface area contributed by atoms with E-state index in [0.29, 0.717) is 23.7 Å². The minimum Gasteiger partial charge on any atom is -0.467 e. The maximum atomic E-state index is 13.1. The van der Waals surface area contributed by atoms with Gasteiger partial charge in [-0.15, -0.1) is 0 Å². The number of rotatable bonds is 5. The number of nitrogens with zero attached hydrogens (tertiary/aromatic N) is 1. The van der Waals surface area contributed by atoms with Gasteiger partial charge in [-0.05, 0) is 40.8 Å². The Morgan fingerprint density at radius 2 is 1.67 bits per heavy atom. The van der Waals surface area contributed by atoms with Crippen LogP contribution in [0.5, 0.6) is 0 Å². The molecule has 3 nitrogen and oxygen atoms in total. The van der Waals surface area contributed by atoms with Crippen LogP contribution in [-0.4, -0.2) is 10.8 Å². The van der Waals surface area contributed by atoms with Crippen LogP contribution >= 0.6 is 11.6 Å². The molecule has 0 saturated heterocycles. The van der Waals surface area contributed by atoms with E-state index in [-0.39, 0.29) is 11.3 Å². The van der Waals surface area contributed by atoms with Gasteiger partial charge in [0.2, 0.25) is 0 Å². The van der Waals surface area contributed by atoms with Crippen molar-refractivity contribution in [3.63, 3.8) is 0 Å². The van der Waals surface area contributed by atoms with E-state index >= 15 is 0 Å². The lowest BCUT2D eigenvalue weighted by Gasteiger charge is -2.24. The van der Waals surface area contributed by atoms with Gasteiger partial charge in [0.1, 0.15) is 5.76 Å². The number of benzene rings is 2. The van der Waals surface area contributed by atoms with Crippen LogP contribution in [-0.2, 0) is 18.5 Å². The Morgan fingerprint density at radius 3 is 2.26 bits per heavy atom. The zero-order valence-electron chi connectivity index (χ0n) is 15.9. The standard InChI is InChI=1S/C23H24ClNO2/c1-23(2,3)18-12-10-17(11-13-18)15-25(16-19-7-6-14-27-19)22(26)20-8-4-5-9-21(20)24/h4-14H,15-16H2,1-3H3. The van der Waals surface area contributed by atoms with Gasteiger partial charge in [0.25, 0.3) is 5.91 Å². The molecule has 1 heterocycles. The molecule has 0 aliphatic rings. The molecule has 0 bridgehead atoms. The summed E-state index contributed by atoms with van der Waals surface area (Å²) in [6.45, 7) is 7.43. The van der Waals surface area contributed by atoms with Crippen LogP contribution in [0.1, 0.15) is 48.0 Å². The Morgan fingerprint density at radius 1 is 0.963 bits per heavy atom. The predicted molar refractivity (Wildman–Crippen MR) is 109 cm³/mol. The Hall–Kier alpha value is -2.52. The summed E-state index contributed by atoms with van der Waals surface area (Å²) in [6, 6.07) is 19.2. The van der Waals surface area contributed by atoms with Crippen molar-refractivity contribution in [1.29, 1.82) is 0 Å². The van der Waals surface area contributed by atoms with E-state index in [4.69, 9.17) is 16.0 Å². The summed E-state index contributed by atoms with van der Waals surface area (Å²) in [5.74, 6) is 0.624. The smallest absolute Gasteiger partial charge is 0.256 e. The molecule has 3 aromatic rings. The molecule has 27 heavy (non-hydrogen) atoms. The molecular weight excluding hydrogens is 358 g/mol. The molecule has 0 radical (unpaired) electrons. The zero-order valence-corrected chi connectivity index (χ0v) is 16.7. The third-order valence-corrected chi connectivity index (χ3v) is 4.84. The highest BCUT2D eigenvalue weighted by Gasteiger charge is 2.20. The first-order valence-corrected chi connectivity index (χ1v) is 9.38. The monoisotopic (exact) mass is 381 g/mol. The van der Waals surface area contributed by atoms with Gasteiger partial charge in [-0.2, -0.15) is 0 Å². The zero-order chi connectivity index (χ0) is 19.4. The average molecular weight is 382 g/mol. The van der Waals surface area contributed by atoms with Gasteiger partial charge in [-0.3, -0.25) is 4.79 Å². The molecule has 0 aliphatic heterocycles. The molecule has 4 heteroatoms. The van der Waals surface area contributed by atoms with Crippen molar-refractivity contribution in [2.24, 2.45) is 0 Å². The summed E-state index contributed by atoms with van der Waals surface area (Å²) >= 11 is 6.25. The van der Waals surface area contributed by atoms with Crippen molar-refractivity contribution in [3.8, 4) is 0 Å². The fourth-order valence-corrected chi connectivity index (χ4v) is 3.14. The first kappa shape index (κ1) is 19.2. The van der Waals surface area contributed by atoms with Gasteiger partial charge in [-0.25, -0.2) is 0 Å². The topological polar surface area (TPSA) is 33.5 Å². The van der Waals surface area contributed by atoms with Crippen molar-refractivity contribution < 1.29 is 9.21 Å². The highest BCUT2D eigenvalue weighted by Crippen LogP contribution is 2.24. The molecule has 0 N–H and O–H groups in total. The van der Waals surface area contributed by atoms with Crippen LogP contribution in [0, 0.1) is 0 Å². The third kappa shape index (κ3) is 4.81. The van der Waals surface area contributed by atoms with E-state index in [1.807, 2.05) is 24.3 Å². The number of halogens is 1. The van der Waals surface area contributed by atoms with Crippen molar-refractivity contribution >= 4 is 17.5 Å². The SMILES string of the molecule is CC(C)(C)c1ccc(CN(Cc2ccco2)C(=O)c2ccccc2Cl)cc1. The van der Waals surface area contributed by atoms with Crippen molar-refractivity contribution in [3.05, 3.63) is 94.4 Å². The highest BCUT2D eigenvalue weighted by molar-refractivity contribution is 6.33. The molecule has 0 atom stereocenters. The average Bonchev–Trinajstić information content (AvgIpc) is 3.14. The fraction of sp³-hybridized carbons (Fsp3) is 0.261. The van der Waals surface area contributed by atoms with Crippen LogP contribution < -0.4 is 0 Å². The third-order valence-electron chi connectivity index (χ3n) is 4.51. The summed E-state index contributed by atoms with van der Waals surface area (Å²) in [6.07, 6.45) is 1.62. The lowest BCUT2D eigenvalue weighted by molar-refractivity contribution is 0.0718. The number of carbonyl (C=O) groups excluding carboxylic acids is 1. The molecule has 0 unspecified atom stereocenters. The number of hydrogen-bond donors (Lipinski definition) is 0. The number of amides is 1. The Bertz CT molecular complexity index is 893. The molecular formula is C23H24ClNO2. The summed E-state index contributed by atoms with van der Waals surface area (Å²) < 4.78 is 5.45. The Kier molecular flexibility index (Phi) is 5.71. The van der Waals surface area contributed by atoms with Crippen LogP contribution in [0.3, 0.4) is 0 Å².